The van der Waals surface area contributed by atoms with Crippen LogP contribution in [0.2, 0.25) is 0 Å². The number of nitrogens with one attached hydrogen (secondary N) is 1. The van der Waals surface area contributed by atoms with E-state index >= 15 is 0 Å². The van der Waals surface area contributed by atoms with Crippen LogP contribution >= 0.6 is 0 Å². The SMILES string of the molecule is CNC(c1cc(C)cnc1N)C1CCOC1. The summed E-state index contributed by atoms with van der Waals surface area (Å²) < 4.78 is 5.43. The lowest BCUT2D eigenvalue weighted by Gasteiger charge is -2.23. The molecule has 1 aliphatic rings. The summed E-state index contributed by atoms with van der Waals surface area (Å²) >= 11 is 0. The predicted molar refractivity (Wildman–Crippen MR) is 64.1 cm³/mol. The zero-order chi connectivity index (χ0) is 11.5. The molecule has 2 unspecified atom stereocenters. The number of aryl methyl sites for hydroxylation is 1. The van der Waals surface area contributed by atoms with Crippen molar-refractivity contribution in [2.45, 2.75) is 19.4 Å². The first kappa shape index (κ1) is 11.4. The molecule has 0 amide bonds. The van der Waals surface area contributed by atoms with Gasteiger partial charge in [-0.25, -0.2) is 4.98 Å². The lowest BCUT2D eigenvalue weighted by molar-refractivity contribution is 0.178. The van der Waals surface area contributed by atoms with Crippen LogP contribution in [0.25, 0.3) is 0 Å². The van der Waals surface area contributed by atoms with E-state index in [1.165, 1.54) is 0 Å². The Kier molecular flexibility index (Phi) is 3.41. The number of pyridine rings is 1. The van der Waals surface area contributed by atoms with Crippen molar-refractivity contribution in [3.63, 3.8) is 0 Å². The number of aromatic nitrogens is 1. The summed E-state index contributed by atoms with van der Waals surface area (Å²) in [4.78, 5) is 4.22. The highest BCUT2D eigenvalue weighted by molar-refractivity contribution is 5.43. The monoisotopic (exact) mass is 221 g/mol. The molecule has 16 heavy (non-hydrogen) atoms. The van der Waals surface area contributed by atoms with Gasteiger partial charge >= 0.3 is 0 Å². The molecule has 1 aromatic heterocycles. The highest BCUT2D eigenvalue weighted by Gasteiger charge is 2.27. The fourth-order valence-electron chi connectivity index (χ4n) is 2.31. The first-order valence-electron chi connectivity index (χ1n) is 5.69. The van der Waals surface area contributed by atoms with Crippen LogP contribution in [0.1, 0.15) is 23.6 Å². The molecule has 4 heteroatoms. The van der Waals surface area contributed by atoms with E-state index in [4.69, 9.17) is 10.5 Å². The number of ether oxygens (including phenoxy) is 1. The maximum absolute atomic E-state index is 5.94. The van der Waals surface area contributed by atoms with Gasteiger partial charge in [-0.15, -0.1) is 0 Å². The first-order valence-corrected chi connectivity index (χ1v) is 5.69. The molecule has 0 saturated carbocycles. The van der Waals surface area contributed by atoms with Crippen molar-refractivity contribution in [2.75, 3.05) is 26.0 Å². The topological polar surface area (TPSA) is 60.2 Å². The lowest BCUT2D eigenvalue weighted by Crippen LogP contribution is -2.26. The van der Waals surface area contributed by atoms with Crippen LogP contribution in [0.4, 0.5) is 5.82 Å². The Bertz CT molecular complexity index is 361. The third-order valence-corrected chi connectivity index (χ3v) is 3.17. The number of hydrogen-bond acceptors (Lipinski definition) is 4. The number of nitrogens with zero attached hydrogens (tertiary/aromatic N) is 1. The van der Waals surface area contributed by atoms with Gasteiger partial charge in [0.1, 0.15) is 5.82 Å². The second-order valence-electron chi connectivity index (χ2n) is 4.38. The van der Waals surface area contributed by atoms with Gasteiger partial charge in [-0.2, -0.15) is 0 Å². The summed E-state index contributed by atoms with van der Waals surface area (Å²) in [5, 5.41) is 3.33. The van der Waals surface area contributed by atoms with E-state index in [2.05, 4.69) is 16.4 Å². The van der Waals surface area contributed by atoms with Crippen molar-refractivity contribution >= 4 is 5.82 Å². The van der Waals surface area contributed by atoms with E-state index in [0.29, 0.717) is 11.7 Å². The van der Waals surface area contributed by atoms with Gasteiger partial charge in [-0.3, -0.25) is 0 Å². The minimum atomic E-state index is 0.245. The quantitative estimate of drug-likeness (QED) is 0.807. The van der Waals surface area contributed by atoms with Crippen molar-refractivity contribution in [1.29, 1.82) is 0 Å². The molecule has 0 radical (unpaired) electrons. The summed E-state index contributed by atoms with van der Waals surface area (Å²) in [5.74, 6) is 1.12. The molecule has 88 valence electrons. The summed E-state index contributed by atoms with van der Waals surface area (Å²) in [7, 11) is 1.96. The van der Waals surface area contributed by atoms with Gasteiger partial charge in [0.25, 0.3) is 0 Å². The highest BCUT2D eigenvalue weighted by Crippen LogP contribution is 2.31. The van der Waals surface area contributed by atoms with E-state index in [9.17, 15) is 0 Å². The molecule has 0 aromatic carbocycles. The molecule has 0 spiro atoms. The molecule has 2 atom stereocenters. The van der Waals surface area contributed by atoms with E-state index in [0.717, 1.165) is 30.8 Å². The van der Waals surface area contributed by atoms with Crippen molar-refractivity contribution in [3.8, 4) is 0 Å². The van der Waals surface area contributed by atoms with Gasteiger partial charge in [0, 0.05) is 30.3 Å². The zero-order valence-electron chi connectivity index (χ0n) is 9.86. The minimum absolute atomic E-state index is 0.245. The van der Waals surface area contributed by atoms with Crippen molar-refractivity contribution in [3.05, 3.63) is 23.4 Å². The number of nitrogens with two attached hydrogens (primary N) is 1. The van der Waals surface area contributed by atoms with E-state index in [1.54, 1.807) is 6.20 Å². The van der Waals surface area contributed by atoms with E-state index < -0.39 is 0 Å². The summed E-state index contributed by atoms with van der Waals surface area (Å²) in [6, 6.07) is 2.36. The minimum Gasteiger partial charge on any atom is -0.383 e. The second-order valence-corrected chi connectivity index (χ2v) is 4.38. The van der Waals surface area contributed by atoms with Gasteiger partial charge in [-0.1, -0.05) is 0 Å². The lowest BCUT2D eigenvalue weighted by atomic mass is 9.92. The molecule has 1 aromatic rings. The van der Waals surface area contributed by atoms with Gasteiger partial charge in [0.15, 0.2) is 0 Å². The van der Waals surface area contributed by atoms with Crippen molar-refractivity contribution in [2.24, 2.45) is 5.92 Å². The first-order chi connectivity index (χ1) is 7.72. The standard InChI is InChI=1S/C12H19N3O/c1-8-5-10(12(13)15-6-8)11(14-2)9-3-4-16-7-9/h5-6,9,11,14H,3-4,7H2,1-2H3,(H2,13,15). The maximum atomic E-state index is 5.94. The second kappa shape index (κ2) is 4.80. The molecule has 2 heterocycles. The van der Waals surface area contributed by atoms with Gasteiger partial charge in [0.2, 0.25) is 0 Å². The smallest absolute Gasteiger partial charge is 0.128 e. The fraction of sp³-hybridized carbons (Fsp3) is 0.583. The largest absolute Gasteiger partial charge is 0.383 e. The van der Waals surface area contributed by atoms with Crippen LogP contribution in [-0.4, -0.2) is 25.2 Å². The Morgan fingerprint density at radius 1 is 1.62 bits per heavy atom. The molecule has 0 bridgehead atoms. The highest BCUT2D eigenvalue weighted by atomic mass is 16.5. The molecule has 1 saturated heterocycles. The van der Waals surface area contributed by atoms with Gasteiger partial charge in [0.05, 0.1) is 6.61 Å². The number of anilines is 1. The average Bonchev–Trinajstić information content (AvgIpc) is 2.78. The Labute approximate surface area is 96.2 Å². The average molecular weight is 221 g/mol. The van der Waals surface area contributed by atoms with Crippen LogP contribution in [0.3, 0.4) is 0 Å². The summed E-state index contributed by atoms with van der Waals surface area (Å²) in [6.45, 7) is 3.69. The Balaban J connectivity index is 2.28. The molecule has 3 N–H and O–H groups in total. The molecule has 0 aliphatic carbocycles. The Morgan fingerprint density at radius 2 is 2.44 bits per heavy atom. The molecule has 2 rings (SSSR count). The van der Waals surface area contributed by atoms with E-state index in [-0.39, 0.29) is 6.04 Å². The maximum Gasteiger partial charge on any atom is 0.128 e. The summed E-state index contributed by atoms with van der Waals surface area (Å²) in [5.41, 5.74) is 8.18. The van der Waals surface area contributed by atoms with Crippen LogP contribution in [0.15, 0.2) is 12.3 Å². The van der Waals surface area contributed by atoms with Crippen LogP contribution in [0, 0.1) is 12.8 Å². The molecular weight excluding hydrogens is 202 g/mol. The summed E-state index contributed by atoms with van der Waals surface area (Å²) in [6.07, 6.45) is 2.88. The van der Waals surface area contributed by atoms with Crippen molar-refractivity contribution < 1.29 is 4.74 Å². The molecule has 1 fully saturated rings. The normalized spacial score (nSPS) is 22.2. The number of hydrogen-bond donors (Lipinski definition) is 2. The zero-order valence-corrected chi connectivity index (χ0v) is 9.86. The number of nitrogen functional groups attached to an aromatic ring is 1. The third kappa shape index (κ3) is 2.18. The van der Waals surface area contributed by atoms with E-state index in [1.807, 2.05) is 14.0 Å². The van der Waals surface area contributed by atoms with Crippen LogP contribution in [-0.2, 0) is 4.74 Å². The molecule has 1 aliphatic heterocycles. The fourth-order valence-corrected chi connectivity index (χ4v) is 2.31. The van der Waals surface area contributed by atoms with Gasteiger partial charge < -0.3 is 15.8 Å². The number of rotatable bonds is 3. The van der Waals surface area contributed by atoms with Gasteiger partial charge in [-0.05, 0) is 32.0 Å². The Morgan fingerprint density at radius 3 is 3.06 bits per heavy atom. The predicted octanol–water partition coefficient (Wildman–Crippen LogP) is 1.27. The molecule has 4 nitrogen and oxygen atoms in total. The van der Waals surface area contributed by atoms with Crippen molar-refractivity contribution in [1.82, 2.24) is 10.3 Å². The third-order valence-electron chi connectivity index (χ3n) is 3.17. The van der Waals surface area contributed by atoms with Crippen LogP contribution in [0.5, 0.6) is 0 Å². The Hall–Kier alpha value is -1.13. The van der Waals surface area contributed by atoms with Crippen LogP contribution < -0.4 is 11.1 Å². The molecular formula is C12H19N3O.